The lowest BCUT2D eigenvalue weighted by Gasteiger charge is -2.33. The van der Waals surface area contributed by atoms with E-state index >= 15 is 0 Å². The Hall–Kier alpha value is -1.32. The van der Waals surface area contributed by atoms with Gasteiger partial charge < -0.3 is 10.1 Å². The summed E-state index contributed by atoms with van der Waals surface area (Å²) < 4.78 is 6.29. The van der Waals surface area contributed by atoms with Gasteiger partial charge in [0, 0.05) is 22.9 Å². The maximum absolute atomic E-state index is 6.29. The number of hydrogen-bond acceptors (Lipinski definition) is 3. The summed E-state index contributed by atoms with van der Waals surface area (Å²) in [6.07, 6.45) is 2.34. The summed E-state index contributed by atoms with van der Waals surface area (Å²) in [6, 6.07) is 9.10. The molecule has 2 aromatic rings. The largest absolute Gasteiger partial charge is 0.484 e. The first-order valence-electron chi connectivity index (χ1n) is 7.73. The molecule has 1 aliphatic rings. The van der Waals surface area contributed by atoms with E-state index in [2.05, 4.69) is 55.7 Å². The Balaban J connectivity index is 1.92. The molecule has 0 fully saturated rings. The first kappa shape index (κ1) is 14.6. The van der Waals surface area contributed by atoms with Crippen LogP contribution in [0, 0.1) is 13.8 Å². The molecule has 0 radical (unpaired) electrons. The van der Waals surface area contributed by atoms with Crippen molar-refractivity contribution in [3.63, 3.8) is 0 Å². The fourth-order valence-electron chi connectivity index (χ4n) is 2.98. The van der Waals surface area contributed by atoms with Crippen molar-refractivity contribution in [3.8, 4) is 5.75 Å². The zero-order valence-electron chi connectivity index (χ0n) is 13.0. The van der Waals surface area contributed by atoms with Gasteiger partial charge in [0.05, 0.1) is 0 Å². The van der Waals surface area contributed by atoms with Gasteiger partial charge in [-0.2, -0.15) is 0 Å². The van der Waals surface area contributed by atoms with Crippen molar-refractivity contribution in [3.05, 3.63) is 51.2 Å². The fraction of sp³-hybridized carbons (Fsp3) is 0.444. The third kappa shape index (κ3) is 2.99. The third-order valence-corrected chi connectivity index (χ3v) is 5.21. The number of fused-ring (bicyclic) bond motifs is 1. The smallest absolute Gasteiger partial charge is 0.135 e. The Morgan fingerprint density at radius 2 is 2.14 bits per heavy atom. The highest BCUT2D eigenvalue weighted by atomic mass is 32.1. The van der Waals surface area contributed by atoms with Gasteiger partial charge >= 0.3 is 0 Å². The molecule has 2 heterocycles. The Bertz CT molecular complexity index is 619. The molecule has 1 aromatic heterocycles. The van der Waals surface area contributed by atoms with Crippen molar-refractivity contribution < 1.29 is 4.74 Å². The van der Waals surface area contributed by atoms with Gasteiger partial charge in [0.1, 0.15) is 11.9 Å². The minimum Gasteiger partial charge on any atom is -0.484 e. The van der Waals surface area contributed by atoms with Gasteiger partial charge in [0.15, 0.2) is 0 Å². The molecule has 1 aromatic carbocycles. The number of hydrogen-bond donors (Lipinski definition) is 1. The summed E-state index contributed by atoms with van der Waals surface area (Å²) in [7, 11) is 0. The van der Waals surface area contributed by atoms with Gasteiger partial charge in [-0.3, -0.25) is 0 Å². The fourth-order valence-corrected chi connectivity index (χ4v) is 3.95. The Morgan fingerprint density at radius 3 is 2.86 bits per heavy atom. The van der Waals surface area contributed by atoms with Crippen molar-refractivity contribution in [1.82, 2.24) is 5.32 Å². The number of benzene rings is 1. The Kier molecular flexibility index (Phi) is 4.32. The molecular formula is C18H23NOS. The summed E-state index contributed by atoms with van der Waals surface area (Å²) >= 11 is 1.81. The molecule has 1 aliphatic heterocycles. The number of thiophene rings is 1. The number of rotatable bonds is 4. The molecule has 0 bridgehead atoms. The average Bonchev–Trinajstić information content (AvgIpc) is 2.91. The van der Waals surface area contributed by atoms with Crippen LogP contribution < -0.4 is 10.1 Å². The van der Waals surface area contributed by atoms with E-state index in [1.807, 2.05) is 0 Å². The molecule has 0 saturated carbocycles. The molecular weight excluding hydrogens is 278 g/mol. The number of ether oxygens (including phenoxy) is 1. The second-order valence-electron chi connectivity index (χ2n) is 5.86. The summed E-state index contributed by atoms with van der Waals surface area (Å²) in [5.41, 5.74) is 3.95. The van der Waals surface area contributed by atoms with Crippen LogP contribution in [0.15, 0.2) is 29.6 Å². The van der Waals surface area contributed by atoms with Crippen molar-refractivity contribution in [2.24, 2.45) is 0 Å². The van der Waals surface area contributed by atoms with E-state index in [4.69, 9.17) is 4.74 Å². The van der Waals surface area contributed by atoms with Gasteiger partial charge in [-0.15, -0.1) is 11.3 Å². The van der Waals surface area contributed by atoms with E-state index in [0.717, 1.165) is 25.1 Å². The molecule has 0 saturated heterocycles. The monoisotopic (exact) mass is 301 g/mol. The first-order chi connectivity index (χ1) is 10.2. The molecule has 112 valence electrons. The summed E-state index contributed by atoms with van der Waals surface area (Å²) in [5.74, 6) is 1.04. The second-order valence-corrected chi connectivity index (χ2v) is 6.81. The minimum atomic E-state index is 0.176. The molecule has 0 amide bonds. The highest BCUT2D eigenvalue weighted by Crippen LogP contribution is 2.43. The van der Waals surface area contributed by atoms with Crippen LogP contribution in [0.3, 0.4) is 0 Å². The molecule has 1 N–H and O–H groups in total. The minimum absolute atomic E-state index is 0.176. The van der Waals surface area contributed by atoms with Crippen molar-refractivity contribution in [2.45, 2.75) is 45.8 Å². The number of aryl methyl sites for hydroxylation is 2. The van der Waals surface area contributed by atoms with Gasteiger partial charge in [0.2, 0.25) is 0 Å². The lowest BCUT2D eigenvalue weighted by atomic mass is 9.93. The lowest BCUT2D eigenvalue weighted by Crippen LogP contribution is -2.29. The SMILES string of the molecule is CCCNC1CC(c2sccc2C)Oc2ccc(C)cc21. The van der Waals surface area contributed by atoms with E-state index in [0.29, 0.717) is 6.04 Å². The third-order valence-electron chi connectivity index (χ3n) is 4.09. The zero-order valence-corrected chi connectivity index (χ0v) is 13.8. The molecule has 3 rings (SSSR count). The van der Waals surface area contributed by atoms with Crippen molar-refractivity contribution >= 4 is 11.3 Å². The standard InChI is InChI=1S/C18H23NOS/c1-4-8-19-15-11-17(18-13(3)7-9-21-18)20-16-6-5-12(2)10-14(15)16/h5-7,9-10,15,17,19H,4,8,11H2,1-3H3. The van der Waals surface area contributed by atoms with Gasteiger partial charge in [-0.25, -0.2) is 0 Å². The van der Waals surface area contributed by atoms with E-state index in [9.17, 15) is 0 Å². The van der Waals surface area contributed by atoms with Crippen LogP contribution >= 0.6 is 11.3 Å². The molecule has 2 nitrogen and oxygen atoms in total. The zero-order chi connectivity index (χ0) is 14.8. The average molecular weight is 301 g/mol. The summed E-state index contributed by atoms with van der Waals surface area (Å²) in [4.78, 5) is 1.37. The molecule has 0 spiro atoms. The van der Waals surface area contributed by atoms with Crippen LogP contribution in [0.2, 0.25) is 0 Å². The predicted octanol–water partition coefficient (Wildman–Crippen LogP) is 4.93. The van der Waals surface area contributed by atoms with E-state index < -0.39 is 0 Å². The predicted molar refractivity (Wildman–Crippen MR) is 89.3 cm³/mol. The molecule has 21 heavy (non-hydrogen) atoms. The summed E-state index contributed by atoms with van der Waals surface area (Å²) in [6.45, 7) is 7.58. The summed E-state index contributed by atoms with van der Waals surface area (Å²) in [5, 5.41) is 5.85. The highest BCUT2D eigenvalue weighted by molar-refractivity contribution is 7.10. The van der Waals surface area contributed by atoms with Crippen LogP contribution in [0.25, 0.3) is 0 Å². The Labute approximate surface area is 131 Å². The van der Waals surface area contributed by atoms with E-state index in [-0.39, 0.29) is 6.10 Å². The molecule has 3 heteroatoms. The van der Waals surface area contributed by atoms with Crippen LogP contribution in [-0.2, 0) is 0 Å². The van der Waals surface area contributed by atoms with E-state index in [1.165, 1.54) is 21.6 Å². The van der Waals surface area contributed by atoms with Crippen molar-refractivity contribution in [2.75, 3.05) is 6.54 Å². The molecule has 0 aliphatic carbocycles. The first-order valence-corrected chi connectivity index (χ1v) is 8.61. The van der Waals surface area contributed by atoms with Crippen LogP contribution in [-0.4, -0.2) is 6.54 Å². The van der Waals surface area contributed by atoms with Crippen LogP contribution in [0.1, 0.15) is 53.5 Å². The number of nitrogens with one attached hydrogen (secondary N) is 1. The van der Waals surface area contributed by atoms with Crippen LogP contribution in [0.5, 0.6) is 5.75 Å². The topological polar surface area (TPSA) is 21.3 Å². The lowest BCUT2D eigenvalue weighted by molar-refractivity contribution is 0.154. The van der Waals surface area contributed by atoms with E-state index in [1.54, 1.807) is 11.3 Å². The van der Waals surface area contributed by atoms with Gasteiger partial charge in [0.25, 0.3) is 0 Å². The van der Waals surface area contributed by atoms with Gasteiger partial charge in [-0.05, 0) is 49.9 Å². The molecule has 2 unspecified atom stereocenters. The molecule has 2 atom stereocenters. The van der Waals surface area contributed by atoms with Crippen LogP contribution in [0.4, 0.5) is 0 Å². The highest BCUT2D eigenvalue weighted by Gasteiger charge is 2.30. The Morgan fingerprint density at radius 1 is 1.29 bits per heavy atom. The maximum atomic E-state index is 6.29. The normalized spacial score (nSPS) is 20.9. The van der Waals surface area contributed by atoms with Gasteiger partial charge in [-0.1, -0.05) is 24.6 Å². The quantitative estimate of drug-likeness (QED) is 0.864. The second kappa shape index (κ2) is 6.20. The van der Waals surface area contributed by atoms with Crippen molar-refractivity contribution in [1.29, 1.82) is 0 Å². The maximum Gasteiger partial charge on any atom is 0.135 e.